The zero-order valence-electron chi connectivity index (χ0n) is 11.1. The normalized spacial score (nSPS) is 18.8. The summed E-state index contributed by atoms with van der Waals surface area (Å²) in [6, 6.07) is 4.17. The lowest BCUT2D eigenvalue weighted by Crippen LogP contribution is -2.44. The molecule has 0 radical (unpaired) electrons. The van der Waals surface area contributed by atoms with Crippen LogP contribution in [0.15, 0.2) is 29.5 Å². The SMILES string of the molecule is CC1CC(C(=O)O)=C(O)CN1C(=O)c1ccc(Cl)c(Cl)c1. The number of nitrogens with zero attached hydrogens (tertiary/aromatic N) is 1. The Labute approximate surface area is 131 Å². The highest BCUT2D eigenvalue weighted by Gasteiger charge is 2.31. The van der Waals surface area contributed by atoms with E-state index >= 15 is 0 Å². The van der Waals surface area contributed by atoms with Gasteiger partial charge >= 0.3 is 5.97 Å². The third-order valence-corrected chi connectivity index (χ3v) is 4.12. The van der Waals surface area contributed by atoms with Crippen molar-refractivity contribution in [2.45, 2.75) is 19.4 Å². The maximum atomic E-state index is 12.4. The van der Waals surface area contributed by atoms with Crippen molar-refractivity contribution >= 4 is 35.1 Å². The van der Waals surface area contributed by atoms with E-state index in [9.17, 15) is 14.7 Å². The molecule has 112 valence electrons. The Balaban J connectivity index is 2.28. The van der Waals surface area contributed by atoms with Crippen LogP contribution in [0.1, 0.15) is 23.7 Å². The Morgan fingerprint density at radius 2 is 1.95 bits per heavy atom. The molecule has 7 heteroatoms. The summed E-state index contributed by atoms with van der Waals surface area (Å²) in [4.78, 5) is 24.8. The molecule has 1 aromatic carbocycles. The summed E-state index contributed by atoms with van der Waals surface area (Å²) >= 11 is 11.7. The lowest BCUT2D eigenvalue weighted by molar-refractivity contribution is -0.133. The van der Waals surface area contributed by atoms with Crippen molar-refractivity contribution < 1.29 is 19.8 Å². The van der Waals surface area contributed by atoms with Crippen molar-refractivity contribution in [2.75, 3.05) is 6.54 Å². The van der Waals surface area contributed by atoms with Crippen molar-refractivity contribution in [2.24, 2.45) is 0 Å². The number of carbonyl (C=O) groups excluding carboxylic acids is 1. The number of aliphatic hydroxyl groups excluding tert-OH is 1. The van der Waals surface area contributed by atoms with Crippen LogP contribution in [-0.2, 0) is 4.79 Å². The van der Waals surface area contributed by atoms with E-state index in [1.54, 1.807) is 6.92 Å². The number of hydrogen-bond donors (Lipinski definition) is 2. The quantitative estimate of drug-likeness (QED) is 0.873. The second-order valence-electron chi connectivity index (χ2n) is 4.85. The van der Waals surface area contributed by atoms with Crippen molar-refractivity contribution in [1.29, 1.82) is 0 Å². The summed E-state index contributed by atoms with van der Waals surface area (Å²) < 4.78 is 0. The van der Waals surface area contributed by atoms with E-state index in [1.807, 2.05) is 0 Å². The van der Waals surface area contributed by atoms with Crippen molar-refractivity contribution in [1.82, 2.24) is 4.90 Å². The predicted octanol–water partition coefficient (Wildman–Crippen LogP) is 3.12. The van der Waals surface area contributed by atoms with E-state index in [2.05, 4.69) is 0 Å². The Bertz CT molecular complexity index is 642. The zero-order chi connectivity index (χ0) is 15.7. The minimum Gasteiger partial charge on any atom is -0.510 e. The first-order chi connectivity index (χ1) is 9.81. The molecular formula is C14H13Cl2NO4. The molecule has 0 spiro atoms. The summed E-state index contributed by atoms with van der Waals surface area (Å²) in [5.41, 5.74) is 0.281. The lowest BCUT2D eigenvalue weighted by atomic mass is 9.99. The minimum absolute atomic E-state index is 0.0549. The summed E-state index contributed by atoms with van der Waals surface area (Å²) in [5, 5.41) is 19.4. The van der Waals surface area contributed by atoms with Gasteiger partial charge in [0.15, 0.2) is 0 Å². The van der Waals surface area contributed by atoms with E-state index in [-0.39, 0.29) is 41.3 Å². The number of halogens is 2. The average Bonchev–Trinajstić information content (AvgIpc) is 2.43. The number of carboxylic acid groups (broad SMARTS) is 1. The number of carbonyl (C=O) groups is 2. The predicted molar refractivity (Wildman–Crippen MR) is 78.9 cm³/mol. The molecule has 1 amide bonds. The average molecular weight is 330 g/mol. The Hall–Kier alpha value is -1.72. The van der Waals surface area contributed by atoms with Crippen LogP contribution in [0.2, 0.25) is 10.0 Å². The summed E-state index contributed by atoms with van der Waals surface area (Å²) in [6.45, 7) is 1.59. The van der Waals surface area contributed by atoms with Gasteiger partial charge in [-0.25, -0.2) is 4.79 Å². The Kier molecular flexibility index (Phi) is 4.44. The lowest BCUT2D eigenvalue weighted by Gasteiger charge is -2.33. The minimum atomic E-state index is -1.17. The smallest absolute Gasteiger partial charge is 0.335 e. The highest BCUT2D eigenvalue weighted by molar-refractivity contribution is 6.42. The zero-order valence-corrected chi connectivity index (χ0v) is 12.6. The van der Waals surface area contributed by atoms with Crippen LogP contribution < -0.4 is 0 Å². The van der Waals surface area contributed by atoms with Crippen LogP contribution in [0, 0.1) is 0 Å². The molecule has 0 saturated heterocycles. The van der Waals surface area contributed by atoms with Crippen LogP contribution in [0.3, 0.4) is 0 Å². The van der Waals surface area contributed by atoms with Crippen molar-refractivity contribution in [3.05, 3.63) is 45.1 Å². The molecule has 21 heavy (non-hydrogen) atoms. The largest absolute Gasteiger partial charge is 0.510 e. The topological polar surface area (TPSA) is 77.8 Å². The molecule has 0 saturated carbocycles. The molecule has 1 atom stereocenters. The van der Waals surface area contributed by atoms with Crippen LogP contribution >= 0.6 is 23.2 Å². The Morgan fingerprint density at radius 3 is 2.52 bits per heavy atom. The van der Waals surface area contributed by atoms with E-state index in [0.29, 0.717) is 10.6 Å². The molecule has 1 unspecified atom stereocenters. The molecule has 0 aromatic heterocycles. The molecular weight excluding hydrogens is 317 g/mol. The highest BCUT2D eigenvalue weighted by Crippen LogP contribution is 2.27. The van der Waals surface area contributed by atoms with Gasteiger partial charge in [-0.1, -0.05) is 23.2 Å². The molecule has 0 fully saturated rings. The van der Waals surface area contributed by atoms with Crippen LogP contribution in [0.4, 0.5) is 0 Å². The third kappa shape index (κ3) is 3.14. The van der Waals surface area contributed by atoms with Gasteiger partial charge < -0.3 is 15.1 Å². The van der Waals surface area contributed by atoms with Gasteiger partial charge in [-0.15, -0.1) is 0 Å². The van der Waals surface area contributed by atoms with Gasteiger partial charge in [0.1, 0.15) is 5.76 Å². The number of rotatable bonds is 2. The standard InChI is InChI=1S/C14H13Cl2NO4/c1-7-4-9(14(20)21)12(18)6-17(7)13(19)8-2-3-10(15)11(16)5-8/h2-3,5,7,18H,4,6H2,1H3,(H,20,21). The first-order valence-electron chi connectivity index (χ1n) is 6.21. The van der Waals surface area contributed by atoms with Gasteiger partial charge in [-0.05, 0) is 25.1 Å². The van der Waals surface area contributed by atoms with Crippen LogP contribution in [0.25, 0.3) is 0 Å². The maximum Gasteiger partial charge on any atom is 0.335 e. The molecule has 1 aliphatic rings. The molecule has 1 heterocycles. The molecule has 1 aliphatic heterocycles. The fourth-order valence-corrected chi connectivity index (χ4v) is 2.51. The fourth-order valence-electron chi connectivity index (χ4n) is 2.21. The summed E-state index contributed by atoms with van der Waals surface area (Å²) in [7, 11) is 0. The molecule has 0 bridgehead atoms. The van der Waals surface area contributed by atoms with Gasteiger partial charge in [0.2, 0.25) is 0 Å². The van der Waals surface area contributed by atoms with E-state index in [4.69, 9.17) is 28.3 Å². The Morgan fingerprint density at radius 1 is 1.29 bits per heavy atom. The molecule has 2 N–H and O–H groups in total. The molecule has 1 aromatic rings. The fraction of sp³-hybridized carbons (Fsp3) is 0.286. The van der Waals surface area contributed by atoms with Crippen LogP contribution in [0.5, 0.6) is 0 Å². The summed E-state index contributed by atoms with van der Waals surface area (Å²) in [6.07, 6.45) is 0.0915. The molecule has 0 aliphatic carbocycles. The van der Waals surface area contributed by atoms with E-state index in [0.717, 1.165) is 0 Å². The second-order valence-corrected chi connectivity index (χ2v) is 5.66. The van der Waals surface area contributed by atoms with E-state index in [1.165, 1.54) is 23.1 Å². The van der Waals surface area contributed by atoms with Gasteiger partial charge in [0.05, 0.1) is 22.2 Å². The van der Waals surface area contributed by atoms with Gasteiger partial charge in [-0.2, -0.15) is 0 Å². The molecule has 5 nitrogen and oxygen atoms in total. The second kappa shape index (κ2) is 5.95. The number of hydrogen-bond acceptors (Lipinski definition) is 3. The number of carboxylic acids is 1. The first kappa shape index (κ1) is 15.7. The summed E-state index contributed by atoms with van der Waals surface area (Å²) in [5.74, 6) is -1.80. The highest BCUT2D eigenvalue weighted by atomic mass is 35.5. The van der Waals surface area contributed by atoms with Gasteiger partial charge in [0.25, 0.3) is 5.91 Å². The maximum absolute atomic E-state index is 12.4. The third-order valence-electron chi connectivity index (χ3n) is 3.39. The number of aliphatic carboxylic acids is 1. The first-order valence-corrected chi connectivity index (χ1v) is 6.97. The van der Waals surface area contributed by atoms with Crippen molar-refractivity contribution in [3.8, 4) is 0 Å². The number of amides is 1. The van der Waals surface area contributed by atoms with Gasteiger partial charge in [-0.3, -0.25) is 4.79 Å². The van der Waals surface area contributed by atoms with Gasteiger partial charge in [0, 0.05) is 18.0 Å². The number of benzene rings is 1. The van der Waals surface area contributed by atoms with Crippen LogP contribution in [-0.4, -0.2) is 39.6 Å². The van der Waals surface area contributed by atoms with E-state index < -0.39 is 5.97 Å². The van der Waals surface area contributed by atoms with Crippen molar-refractivity contribution in [3.63, 3.8) is 0 Å². The molecule has 2 rings (SSSR count). The monoisotopic (exact) mass is 329 g/mol. The number of aliphatic hydroxyl groups is 1.